The molecule has 0 amide bonds. The average molecular weight is 211 g/mol. The van der Waals surface area contributed by atoms with Gasteiger partial charge in [0.05, 0.1) is 0 Å². The molecular weight excluding hydrogens is 196 g/mol. The van der Waals surface area contributed by atoms with Crippen LogP contribution in [0.3, 0.4) is 0 Å². The number of hydrogen-bond donors (Lipinski definition) is 1. The average Bonchev–Trinajstić information content (AvgIpc) is 2.29. The van der Waals surface area contributed by atoms with Gasteiger partial charge in [-0.3, -0.25) is 4.98 Å². The van der Waals surface area contributed by atoms with Crippen molar-refractivity contribution in [3.63, 3.8) is 0 Å². The van der Waals surface area contributed by atoms with E-state index < -0.39 is 0 Å². The Morgan fingerprint density at radius 2 is 1.81 bits per heavy atom. The fourth-order valence-electron chi connectivity index (χ4n) is 1.58. The van der Waals surface area contributed by atoms with Crippen LogP contribution in [0.1, 0.15) is 19.4 Å². The lowest BCUT2D eigenvalue weighted by molar-refractivity contribution is 0.554. The van der Waals surface area contributed by atoms with Crippen LogP contribution < -0.4 is 5.73 Å². The van der Waals surface area contributed by atoms with Crippen LogP contribution in [0.2, 0.25) is 0 Å². The Bertz CT molecular complexity index is 452. The van der Waals surface area contributed by atoms with Gasteiger partial charge in [0.1, 0.15) is 0 Å². The highest BCUT2D eigenvalue weighted by atomic mass is 14.7. The summed E-state index contributed by atoms with van der Waals surface area (Å²) >= 11 is 0. The Kier molecular flexibility index (Phi) is 2.75. The van der Waals surface area contributed by atoms with Gasteiger partial charge in [0, 0.05) is 29.6 Å². The van der Waals surface area contributed by atoms with Crippen molar-refractivity contribution in [3.8, 4) is 11.1 Å². The van der Waals surface area contributed by atoms with Gasteiger partial charge in [0.15, 0.2) is 0 Å². The second-order valence-corrected chi connectivity index (χ2v) is 4.47. The van der Waals surface area contributed by atoms with Crippen LogP contribution >= 0.6 is 0 Å². The number of aromatic nitrogens is 1. The molecule has 0 unspecified atom stereocenters. The summed E-state index contributed by atoms with van der Waals surface area (Å²) in [6.45, 7) is 4.00. The molecule has 0 saturated heterocycles. The maximum absolute atomic E-state index is 6.03. The molecular formula is C14H15N2. The van der Waals surface area contributed by atoms with Crippen molar-refractivity contribution in [3.05, 3.63) is 54.4 Å². The fourth-order valence-corrected chi connectivity index (χ4v) is 1.58. The molecule has 2 heteroatoms. The van der Waals surface area contributed by atoms with E-state index in [1.807, 2.05) is 26.1 Å². The van der Waals surface area contributed by atoms with Crippen LogP contribution in [-0.2, 0) is 5.54 Å². The second kappa shape index (κ2) is 4.06. The van der Waals surface area contributed by atoms with Crippen LogP contribution in [0.4, 0.5) is 0 Å². The van der Waals surface area contributed by atoms with Crippen LogP contribution in [0.15, 0.2) is 42.7 Å². The third kappa shape index (κ3) is 2.28. The first-order valence-corrected chi connectivity index (χ1v) is 5.28. The summed E-state index contributed by atoms with van der Waals surface area (Å²) in [4.78, 5) is 4.05. The van der Waals surface area contributed by atoms with E-state index in [1.54, 1.807) is 6.20 Å². The van der Waals surface area contributed by atoms with Gasteiger partial charge >= 0.3 is 0 Å². The lowest BCUT2D eigenvalue weighted by Gasteiger charge is -2.19. The topological polar surface area (TPSA) is 38.9 Å². The first-order chi connectivity index (χ1) is 7.57. The lowest BCUT2D eigenvalue weighted by Crippen LogP contribution is -2.28. The van der Waals surface area contributed by atoms with Crippen molar-refractivity contribution >= 4 is 0 Å². The Labute approximate surface area is 96.1 Å². The summed E-state index contributed by atoms with van der Waals surface area (Å²) in [7, 11) is 0. The molecule has 81 valence electrons. The molecule has 2 aromatic rings. The van der Waals surface area contributed by atoms with E-state index in [1.165, 1.54) is 0 Å². The zero-order valence-electron chi connectivity index (χ0n) is 9.57. The molecule has 1 radical (unpaired) electrons. The number of nitrogens with two attached hydrogens (primary N) is 1. The van der Waals surface area contributed by atoms with Crippen molar-refractivity contribution < 1.29 is 0 Å². The summed E-state index contributed by atoms with van der Waals surface area (Å²) in [5.74, 6) is 0. The Morgan fingerprint density at radius 3 is 2.31 bits per heavy atom. The molecule has 0 aliphatic carbocycles. The minimum Gasteiger partial charge on any atom is -0.322 e. The van der Waals surface area contributed by atoms with E-state index in [9.17, 15) is 0 Å². The third-order valence-corrected chi connectivity index (χ3v) is 2.56. The summed E-state index contributed by atoms with van der Waals surface area (Å²) in [5, 5.41) is 0. The minimum atomic E-state index is -0.292. The van der Waals surface area contributed by atoms with Gasteiger partial charge in [-0.25, -0.2) is 0 Å². The predicted octanol–water partition coefficient (Wildman–Crippen LogP) is 2.74. The van der Waals surface area contributed by atoms with Crippen LogP contribution in [0, 0.1) is 6.07 Å². The normalized spacial score (nSPS) is 11.4. The molecule has 2 N–H and O–H groups in total. The van der Waals surface area contributed by atoms with Crippen LogP contribution in [0.5, 0.6) is 0 Å². The Hall–Kier alpha value is -1.67. The van der Waals surface area contributed by atoms with Gasteiger partial charge in [0.25, 0.3) is 0 Å². The van der Waals surface area contributed by atoms with E-state index in [0.717, 1.165) is 16.7 Å². The van der Waals surface area contributed by atoms with Gasteiger partial charge in [-0.05, 0) is 31.0 Å². The monoisotopic (exact) mass is 211 g/mol. The van der Waals surface area contributed by atoms with Crippen LogP contribution in [0.25, 0.3) is 11.1 Å². The first-order valence-electron chi connectivity index (χ1n) is 5.28. The quantitative estimate of drug-likeness (QED) is 0.829. The van der Waals surface area contributed by atoms with Crippen LogP contribution in [-0.4, -0.2) is 4.98 Å². The largest absolute Gasteiger partial charge is 0.322 e. The van der Waals surface area contributed by atoms with Crippen molar-refractivity contribution in [2.75, 3.05) is 0 Å². The minimum absolute atomic E-state index is 0.292. The van der Waals surface area contributed by atoms with Gasteiger partial charge in [-0.15, -0.1) is 0 Å². The van der Waals surface area contributed by atoms with Gasteiger partial charge in [-0.1, -0.05) is 24.3 Å². The Balaban J connectivity index is 2.34. The number of hydrogen-bond acceptors (Lipinski definition) is 2. The van der Waals surface area contributed by atoms with Crippen molar-refractivity contribution in [2.45, 2.75) is 19.4 Å². The number of benzene rings is 1. The van der Waals surface area contributed by atoms with E-state index >= 15 is 0 Å². The maximum atomic E-state index is 6.03. The standard InChI is InChI=1S/C14H15N2/c1-14(2,15)13-7-5-11(6-8-13)12-4-3-9-16-10-12/h4-10H,15H2,1-2H3. The van der Waals surface area contributed by atoms with Gasteiger partial charge < -0.3 is 5.73 Å². The molecule has 1 heterocycles. The molecule has 0 saturated carbocycles. The first kappa shape index (κ1) is 10.8. The van der Waals surface area contributed by atoms with E-state index in [4.69, 9.17) is 5.73 Å². The summed E-state index contributed by atoms with van der Waals surface area (Å²) in [6, 6.07) is 13.1. The molecule has 0 atom stereocenters. The number of pyridine rings is 1. The fraction of sp³-hybridized carbons (Fsp3) is 0.214. The smallest absolute Gasteiger partial charge is 0.0352 e. The molecule has 16 heavy (non-hydrogen) atoms. The molecule has 0 aliphatic heterocycles. The zero-order valence-corrected chi connectivity index (χ0v) is 9.57. The van der Waals surface area contributed by atoms with Gasteiger partial charge in [0.2, 0.25) is 0 Å². The molecule has 0 bridgehead atoms. The molecule has 2 nitrogen and oxygen atoms in total. The summed E-state index contributed by atoms with van der Waals surface area (Å²) in [5.41, 5.74) is 9.07. The van der Waals surface area contributed by atoms with Gasteiger partial charge in [-0.2, -0.15) is 0 Å². The molecule has 2 rings (SSSR count). The molecule has 0 fully saturated rings. The second-order valence-electron chi connectivity index (χ2n) is 4.47. The molecule has 1 aromatic carbocycles. The molecule has 0 spiro atoms. The number of nitrogens with zero attached hydrogens (tertiary/aromatic N) is 1. The predicted molar refractivity (Wildman–Crippen MR) is 65.7 cm³/mol. The highest BCUT2D eigenvalue weighted by Gasteiger charge is 2.13. The van der Waals surface area contributed by atoms with Crippen molar-refractivity contribution in [1.29, 1.82) is 0 Å². The molecule has 1 aromatic heterocycles. The highest BCUT2D eigenvalue weighted by Crippen LogP contribution is 2.22. The van der Waals surface area contributed by atoms with E-state index in [2.05, 4.69) is 35.3 Å². The van der Waals surface area contributed by atoms with E-state index in [0.29, 0.717) is 0 Å². The Morgan fingerprint density at radius 1 is 1.12 bits per heavy atom. The highest BCUT2D eigenvalue weighted by molar-refractivity contribution is 5.62. The maximum Gasteiger partial charge on any atom is 0.0352 e. The SMILES string of the molecule is CC(C)(N)c1ccc(-c2c[c]cnc2)cc1. The third-order valence-electron chi connectivity index (χ3n) is 2.56. The lowest BCUT2D eigenvalue weighted by atomic mass is 9.94. The zero-order chi connectivity index (χ0) is 11.6. The molecule has 0 aliphatic rings. The van der Waals surface area contributed by atoms with Crippen molar-refractivity contribution in [2.24, 2.45) is 5.73 Å². The summed E-state index contributed by atoms with van der Waals surface area (Å²) < 4.78 is 0. The van der Waals surface area contributed by atoms with E-state index in [-0.39, 0.29) is 5.54 Å². The number of rotatable bonds is 2. The van der Waals surface area contributed by atoms with Crippen molar-refractivity contribution in [1.82, 2.24) is 4.98 Å². The summed E-state index contributed by atoms with van der Waals surface area (Å²) in [6.07, 6.45) is 3.49.